The van der Waals surface area contributed by atoms with E-state index in [4.69, 9.17) is 4.74 Å². The molecule has 138 valence electrons. The van der Waals surface area contributed by atoms with Crippen molar-refractivity contribution in [3.05, 3.63) is 57.9 Å². The van der Waals surface area contributed by atoms with Crippen molar-refractivity contribution in [3.8, 4) is 0 Å². The summed E-state index contributed by atoms with van der Waals surface area (Å²) in [4.78, 5) is 39.1. The number of hydrogen-bond acceptors (Lipinski definition) is 5. The summed E-state index contributed by atoms with van der Waals surface area (Å²) in [6, 6.07) is 2.23. The summed E-state index contributed by atoms with van der Waals surface area (Å²) in [7, 11) is 1.22. The molecule has 1 atom stereocenters. The van der Waals surface area contributed by atoms with E-state index in [9.17, 15) is 23.2 Å². The van der Waals surface area contributed by atoms with Crippen molar-refractivity contribution in [1.29, 1.82) is 0 Å². The number of Topliss-reactive ketones (excluding diaryl/α,β-unsaturated/α-hetero) is 1. The number of methoxy groups -OCH3 is 1. The topological polar surface area (TPSA) is 85.5 Å². The number of ketones is 1. The van der Waals surface area contributed by atoms with Gasteiger partial charge in [0.1, 0.15) is 11.6 Å². The fourth-order valence-electron chi connectivity index (χ4n) is 2.56. The second kappa shape index (κ2) is 7.47. The quantitative estimate of drug-likeness (QED) is 0.650. The van der Waals surface area contributed by atoms with Gasteiger partial charge in [-0.3, -0.25) is 4.79 Å². The van der Waals surface area contributed by atoms with Gasteiger partial charge in [0.2, 0.25) is 5.78 Å². The molecule has 0 bridgehead atoms. The molecule has 0 saturated carbocycles. The lowest BCUT2D eigenvalue weighted by atomic mass is 10.1. The Labute approximate surface area is 148 Å². The van der Waals surface area contributed by atoms with E-state index in [1.165, 1.54) is 14.0 Å². The zero-order valence-electron chi connectivity index (χ0n) is 14.6. The standard InChI is InChI=1S/C18H17F2NO5/c1-8-14(18(24)25-4)9(2)21-15(8)16(22)10(3)26-17(23)11-5-12(19)7-13(20)6-11/h5-7,10,21H,1-4H3. The number of aromatic nitrogens is 1. The Bertz CT molecular complexity index is 868. The lowest BCUT2D eigenvalue weighted by molar-refractivity contribution is 0.0316. The van der Waals surface area contributed by atoms with Gasteiger partial charge >= 0.3 is 11.9 Å². The number of aromatic amines is 1. The summed E-state index contributed by atoms with van der Waals surface area (Å²) in [5.74, 6) is -4.11. The SMILES string of the molecule is COC(=O)c1c(C)[nH]c(C(=O)C(C)OC(=O)c2cc(F)cc(F)c2)c1C. The number of H-pyrrole nitrogens is 1. The van der Waals surface area contributed by atoms with Gasteiger partial charge in [0.25, 0.3) is 0 Å². The first-order valence-corrected chi connectivity index (χ1v) is 7.64. The van der Waals surface area contributed by atoms with Crippen LogP contribution in [-0.2, 0) is 9.47 Å². The highest BCUT2D eigenvalue weighted by atomic mass is 19.1. The van der Waals surface area contributed by atoms with E-state index in [0.29, 0.717) is 17.3 Å². The zero-order valence-corrected chi connectivity index (χ0v) is 14.6. The molecule has 1 unspecified atom stereocenters. The third-order valence-electron chi connectivity index (χ3n) is 3.82. The number of ether oxygens (including phenoxy) is 2. The van der Waals surface area contributed by atoms with E-state index < -0.39 is 35.5 Å². The molecule has 1 aromatic carbocycles. The van der Waals surface area contributed by atoms with Crippen LogP contribution < -0.4 is 0 Å². The van der Waals surface area contributed by atoms with Crippen molar-refractivity contribution in [3.63, 3.8) is 0 Å². The van der Waals surface area contributed by atoms with Gasteiger partial charge in [0.05, 0.1) is 23.9 Å². The summed E-state index contributed by atoms with van der Waals surface area (Å²) >= 11 is 0. The van der Waals surface area contributed by atoms with Crippen molar-refractivity contribution in [2.45, 2.75) is 26.9 Å². The molecule has 1 aromatic heterocycles. The van der Waals surface area contributed by atoms with E-state index in [1.807, 2.05) is 0 Å². The molecular weight excluding hydrogens is 348 g/mol. The van der Waals surface area contributed by atoms with Crippen LogP contribution in [0.3, 0.4) is 0 Å². The van der Waals surface area contributed by atoms with Crippen LogP contribution in [0, 0.1) is 25.5 Å². The highest BCUT2D eigenvalue weighted by Gasteiger charge is 2.27. The fraction of sp³-hybridized carbons (Fsp3) is 0.278. The normalized spacial score (nSPS) is 11.8. The predicted octanol–water partition coefficient (Wildman–Crippen LogP) is 3.12. The van der Waals surface area contributed by atoms with Crippen molar-refractivity contribution < 1.29 is 32.6 Å². The maximum absolute atomic E-state index is 13.2. The number of hydrogen-bond donors (Lipinski definition) is 1. The number of nitrogens with one attached hydrogen (secondary N) is 1. The molecule has 0 aliphatic carbocycles. The molecule has 0 saturated heterocycles. The molecule has 26 heavy (non-hydrogen) atoms. The molecule has 2 rings (SSSR count). The summed E-state index contributed by atoms with van der Waals surface area (Å²) in [5, 5.41) is 0. The first-order valence-electron chi connectivity index (χ1n) is 7.64. The highest BCUT2D eigenvalue weighted by Crippen LogP contribution is 2.21. The molecule has 0 aliphatic rings. The van der Waals surface area contributed by atoms with Gasteiger partial charge in [-0.15, -0.1) is 0 Å². The van der Waals surface area contributed by atoms with Crippen molar-refractivity contribution in [1.82, 2.24) is 4.98 Å². The van der Waals surface area contributed by atoms with Crippen LogP contribution in [0.25, 0.3) is 0 Å². The average molecular weight is 365 g/mol. The van der Waals surface area contributed by atoms with E-state index >= 15 is 0 Å². The number of benzene rings is 1. The molecule has 0 fully saturated rings. The van der Waals surface area contributed by atoms with E-state index in [2.05, 4.69) is 9.72 Å². The molecule has 6 nitrogen and oxygen atoms in total. The van der Waals surface area contributed by atoms with Crippen molar-refractivity contribution in [2.75, 3.05) is 7.11 Å². The lowest BCUT2D eigenvalue weighted by Gasteiger charge is -2.12. The average Bonchev–Trinajstić information content (AvgIpc) is 2.87. The second-order valence-corrected chi connectivity index (χ2v) is 5.69. The molecule has 0 spiro atoms. The minimum Gasteiger partial charge on any atom is -0.465 e. The number of carbonyl (C=O) groups is 3. The monoisotopic (exact) mass is 365 g/mol. The smallest absolute Gasteiger partial charge is 0.339 e. The third-order valence-corrected chi connectivity index (χ3v) is 3.82. The molecule has 0 radical (unpaired) electrons. The Morgan fingerprint density at radius 2 is 1.62 bits per heavy atom. The van der Waals surface area contributed by atoms with Gasteiger partial charge in [-0.2, -0.15) is 0 Å². The third kappa shape index (κ3) is 3.79. The van der Waals surface area contributed by atoms with Crippen molar-refractivity contribution in [2.24, 2.45) is 0 Å². The van der Waals surface area contributed by atoms with Gasteiger partial charge < -0.3 is 14.5 Å². The maximum Gasteiger partial charge on any atom is 0.339 e. The number of aryl methyl sites for hydroxylation is 1. The molecule has 2 aromatic rings. The predicted molar refractivity (Wildman–Crippen MR) is 87.2 cm³/mol. The van der Waals surface area contributed by atoms with Crippen LogP contribution >= 0.6 is 0 Å². The first-order chi connectivity index (χ1) is 12.1. The molecular formula is C18H17F2NO5. The largest absolute Gasteiger partial charge is 0.465 e. The number of carbonyl (C=O) groups excluding carboxylic acids is 3. The number of halogens is 2. The molecule has 0 aliphatic heterocycles. The second-order valence-electron chi connectivity index (χ2n) is 5.69. The lowest BCUT2D eigenvalue weighted by Crippen LogP contribution is -2.25. The Balaban J connectivity index is 2.22. The zero-order chi connectivity index (χ0) is 19.6. The minimum absolute atomic E-state index is 0.0913. The van der Waals surface area contributed by atoms with Crippen LogP contribution in [0.2, 0.25) is 0 Å². The summed E-state index contributed by atoms with van der Waals surface area (Å²) < 4.78 is 36.1. The van der Waals surface area contributed by atoms with Crippen LogP contribution in [0.1, 0.15) is 49.4 Å². The minimum atomic E-state index is -1.24. The van der Waals surface area contributed by atoms with Gasteiger partial charge in [-0.25, -0.2) is 18.4 Å². The summed E-state index contributed by atoms with van der Waals surface area (Å²) in [6.07, 6.45) is -1.24. The van der Waals surface area contributed by atoms with Gasteiger partial charge in [0, 0.05) is 11.8 Å². The van der Waals surface area contributed by atoms with Crippen LogP contribution in [0.5, 0.6) is 0 Å². The molecule has 8 heteroatoms. The van der Waals surface area contributed by atoms with Gasteiger partial charge in [-0.1, -0.05) is 0 Å². The number of esters is 2. The summed E-state index contributed by atoms with van der Waals surface area (Å²) in [5.41, 5.74) is 0.759. The first kappa shape index (κ1) is 19.3. The Morgan fingerprint density at radius 3 is 2.15 bits per heavy atom. The van der Waals surface area contributed by atoms with Crippen molar-refractivity contribution >= 4 is 17.7 Å². The van der Waals surface area contributed by atoms with Crippen LogP contribution in [0.4, 0.5) is 8.78 Å². The molecule has 1 heterocycles. The van der Waals surface area contributed by atoms with Crippen LogP contribution in [-0.4, -0.2) is 35.9 Å². The van der Waals surface area contributed by atoms with E-state index in [-0.39, 0.29) is 16.8 Å². The van der Waals surface area contributed by atoms with Gasteiger partial charge in [-0.05, 0) is 38.5 Å². The number of rotatable bonds is 5. The maximum atomic E-state index is 13.2. The Hall–Kier alpha value is -3.03. The highest BCUT2D eigenvalue weighted by molar-refractivity contribution is 6.04. The fourth-order valence-corrected chi connectivity index (χ4v) is 2.56. The molecule has 1 N–H and O–H groups in total. The molecule has 0 amide bonds. The van der Waals surface area contributed by atoms with E-state index in [0.717, 1.165) is 12.1 Å². The van der Waals surface area contributed by atoms with Gasteiger partial charge in [0.15, 0.2) is 6.10 Å². The van der Waals surface area contributed by atoms with E-state index in [1.54, 1.807) is 13.8 Å². The summed E-state index contributed by atoms with van der Waals surface area (Å²) in [6.45, 7) is 4.48. The Morgan fingerprint density at radius 1 is 1.04 bits per heavy atom. The van der Waals surface area contributed by atoms with Crippen LogP contribution in [0.15, 0.2) is 18.2 Å². The Kier molecular flexibility index (Phi) is 5.54.